The molecule has 0 radical (unpaired) electrons. The van der Waals surface area contributed by atoms with Crippen molar-refractivity contribution in [1.82, 2.24) is 14.4 Å². The van der Waals surface area contributed by atoms with Crippen molar-refractivity contribution in [2.75, 3.05) is 26.6 Å². The summed E-state index contributed by atoms with van der Waals surface area (Å²) < 4.78 is 18.7. The van der Waals surface area contributed by atoms with Gasteiger partial charge in [0.25, 0.3) is 0 Å². The number of carbonyl (C=O) groups excluding carboxylic acids is 1. The standard InChI is InChI=1S/C24H29BrN4O4/c1-24(23(30)33-4)9-5-6-15(13-24)22-28-20(25)19-21(26-10-11-29(19)22)27-14-16-7-8-17(31-2)12-18(16)32-3/h7-8,10-12,15H,5-6,9,13-14H2,1-4H3,(H,26,27)/t15-,24-/m1/s1. The van der Waals surface area contributed by atoms with Crippen LogP contribution in [0.2, 0.25) is 0 Å². The van der Waals surface area contributed by atoms with Gasteiger partial charge in [-0.1, -0.05) is 6.42 Å². The number of rotatable bonds is 7. The van der Waals surface area contributed by atoms with E-state index in [9.17, 15) is 4.79 Å². The van der Waals surface area contributed by atoms with Gasteiger partial charge in [-0.3, -0.25) is 9.20 Å². The van der Waals surface area contributed by atoms with E-state index >= 15 is 0 Å². The van der Waals surface area contributed by atoms with Crippen LogP contribution in [0.25, 0.3) is 5.52 Å². The summed E-state index contributed by atoms with van der Waals surface area (Å²) in [5.74, 6) is 3.13. The van der Waals surface area contributed by atoms with E-state index in [-0.39, 0.29) is 11.9 Å². The highest BCUT2D eigenvalue weighted by molar-refractivity contribution is 9.10. The first kappa shape index (κ1) is 23.4. The lowest BCUT2D eigenvalue weighted by Crippen LogP contribution is -2.34. The molecular weight excluding hydrogens is 488 g/mol. The number of esters is 1. The number of hydrogen-bond donors (Lipinski definition) is 1. The quantitative estimate of drug-likeness (QED) is 0.444. The molecule has 2 aromatic heterocycles. The maximum atomic E-state index is 12.4. The number of hydrogen-bond acceptors (Lipinski definition) is 7. The van der Waals surface area contributed by atoms with Crippen molar-refractivity contribution >= 4 is 33.2 Å². The number of nitrogens with one attached hydrogen (secondary N) is 1. The van der Waals surface area contributed by atoms with Gasteiger partial charge in [-0.2, -0.15) is 0 Å². The summed E-state index contributed by atoms with van der Waals surface area (Å²) in [5.41, 5.74) is 1.36. The Bertz CT molecular complexity index is 1160. The summed E-state index contributed by atoms with van der Waals surface area (Å²) in [7, 11) is 4.73. The summed E-state index contributed by atoms with van der Waals surface area (Å²) >= 11 is 3.63. The lowest BCUT2D eigenvalue weighted by Gasteiger charge is -2.35. The Labute approximate surface area is 201 Å². The Morgan fingerprint density at radius 2 is 2.12 bits per heavy atom. The zero-order chi connectivity index (χ0) is 23.6. The molecule has 176 valence electrons. The zero-order valence-corrected chi connectivity index (χ0v) is 20.9. The van der Waals surface area contributed by atoms with Gasteiger partial charge >= 0.3 is 5.97 Å². The van der Waals surface area contributed by atoms with Crippen molar-refractivity contribution in [3.05, 3.63) is 46.6 Å². The molecule has 9 heteroatoms. The van der Waals surface area contributed by atoms with E-state index in [0.717, 1.165) is 52.3 Å². The van der Waals surface area contributed by atoms with Crippen molar-refractivity contribution in [3.8, 4) is 11.5 Å². The molecule has 33 heavy (non-hydrogen) atoms. The molecule has 0 amide bonds. The van der Waals surface area contributed by atoms with Crippen LogP contribution in [-0.2, 0) is 16.1 Å². The molecule has 4 rings (SSSR count). The molecule has 1 aliphatic carbocycles. The minimum absolute atomic E-state index is 0.149. The highest BCUT2D eigenvalue weighted by atomic mass is 79.9. The van der Waals surface area contributed by atoms with Crippen LogP contribution < -0.4 is 14.8 Å². The second-order valence-electron chi connectivity index (χ2n) is 8.63. The minimum Gasteiger partial charge on any atom is -0.497 e. The molecule has 0 aliphatic heterocycles. The van der Waals surface area contributed by atoms with Crippen molar-refractivity contribution in [2.24, 2.45) is 5.41 Å². The second-order valence-corrected chi connectivity index (χ2v) is 9.38. The van der Waals surface area contributed by atoms with Crippen LogP contribution in [0.3, 0.4) is 0 Å². The third-order valence-electron chi connectivity index (χ3n) is 6.50. The number of anilines is 1. The Kier molecular flexibility index (Phi) is 6.78. The van der Waals surface area contributed by atoms with Gasteiger partial charge in [-0.15, -0.1) is 0 Å². The molecule has 0 unspecified atom stereocenters. The topological polar surface area (TPSA) is 87.0 Å². The molecule has 0 bridgehead atoms. The first-order valence-electron chi connectivity index (χ1n) is 11.0. The third-order valence-corrected chi connectivity index (χ3v) is 7.05. The Morgan fingerprint density at radius 3 is 2.85 bits per heavy atom. The lowest BCUT2D eigenvalue weighted by atomic mass is 9.70. The van der Waals surface area contributed by atoms with E-state index in [1.165, 1.54) is 7.11 Å². The fourth-order valence-corrected chi connectivity index (χ4v) is 5.31. The third kappa shape index (κ3) is 4.51. The number of imidazole rings is 1. The molecule has 1 N–H and O–H groups in total. The van der Waals surface area contributed by atoms with E-state index in [2.05, 4.69) is 30.6 Å². The van der Waals surface area contributed by atoms with Crippen LogP contribution in [0.5, 0.6) is 11.5 Å². The smallest absolute Gasteiger partial charge is 0.311 e. The summed E-state index contributed by atoms with van der Waals surface area (Å²) in [6, 6.07) is 5.73. The summed E-state index contributed by atoms with van der Waals surface area (Å²) in [6.45, 7) is 2.52. The van der Waals surface area contributed by atoms with Gasteiger partial charge < -0.3 is 19.5 Å². The van der Waals surface area contributed by atoms with Gasteiger partial charge in [0.1, 0.15) is 27.4 Å². The number of carbonyl (C=O) groups is 1. The largest absolute Gasteiger partial charge is 0.497 e. The van der Waals surface area contributed by atoms with Crippen molar-refractivity contribution in [1.29, 1.82) is 0 Å². The van der Waals surface area contributed by atoms with E-state index < -0.39 is 5.41 Å². The molecule has 0 saturated heterocycles. The average molecular weight is 517 g/mol. The molecule has 8 nitrogen and oxygen atoms in total. The molecule has 1 aliphatic rings. The lowest BCUT2D eigenvalue weighted by molar-refractivity contribution is -0.154. The van der Waals surface area contributed by atoms with E-state index in [1.807, 2.05) is 31.3 Å². The van der Waals surface area contributed by atoms with Gasteiger partial charge in [0, 0.05) is 36.5 Å². The van der Waals surface area contributed by atoms with Crippen molar-refractivity contribution in [3.63, 3.8) is 0 Å². The van der Waals surface area contributed by atoms with Crippen LogP contribution >= 0.6 is 15.9 Å². The van der Waals surface area contributed by atoms with Crippen LogP contribution in [0, 0.1) is 5.41 Å². The van der Waals surface area contributed by atoms with Crippen molar-refractivity contribution < 1.29 is 19.0 Å². The van der Waals surface area contributed by atoms with Crippen LogP contribution in [0.4, 0.5) is 5.82 Å². The molecule has 0 spiro atoms. The Balaban J connectivity index is 1.62. The Hall–Kier alpha value is -2.81. The van der Waals surface area contributed by atoms with Gasteiger partial charge in [-0.25, -0.2) is 9.97 Å². The van der Waals surface area contributed by atoms with Gasteiger partial charge in [-0.05, 0) is 54.2 Å². The first-order valence-corrected chi connectivity index (χ1v) is 11.7. The molecule has 3 aromatic rings. The Morgan fingerprint density at radius 1 is 1.30 bits per heavy atom. The minimum atomic E-state index is -0.491. The van der Waals surface area contributed by atoms with Gasteiger partial charge in [0.2, 0.25) is 0 Å². The number of methoxy groups -OCH3 is 3. The van der Waals surface area contributed by atoms with Crippen LogP contribution in [0.1, 0.15) is 49.9 Å². The highest BCUT2D eigenvalue weighted by Crippen LogP contribution is 2.45. The maximum absolute atomic E-state index is 12.4. The summed E-state index contributed by atoms with van der Waals surface area (Å²) in [5, 5.41) is 3.42. The number of ether oxygens (including phenoxy) is 3. The normalized spacial score (nSPS) is 20.5. The maximum Gasteiger partial charge on any atom is 0.311 e. The zero-order valence-electron chi connectivity index (χ0n) is 19.4. The number of nitrogens with zero attached hydrogens (tertiary/aromatic N) is 3. The van der Waals surface area contributed by atoms with E-state index in [0.29, 0.717) is 18.8 Å². The molecule has 2 heterocycles. The molecule has 2 atom stereocenters. The van der Waals surface area contributed by atoms with Crippen LogP contribution in [0.15, 0.2) is 35.2 Å². The molecule has 1 saturated carbocycles. The fourth-order valence-electron chi connectivity index (χ4n) is 4.75. The summed E-state index contributed by atoms with van der Waals surface area (Å²) in [4.78, 5) is 21.8. The van der Waals surface area contributed by atoms with Gasteiger partial charge in [0.05, 0.1) is 26.7 Å². The predicted octanol–water partition coefficient (Wildman–Crippen LogP) is 4.96. The molecule has 1 aromatic carbocycles. The van der Waals surface area contributed by atoms with E-state index in [4.69, 9.17) is 19.2 Å². The first-order chi connectivity index (χ1) is 15.9. The molecular formula is C24H29BrN4O4. The predicted molar refractivity (Wildman–Crippen MR) is 129 cm³/mol. The second kappa shape index (κ2) is 9.59. The fraction of sp³-hybridized carbons (Fsp3) is 0.458. The van der Waals surface area contributed by atoms with Crippen molar-refractivity contribution in [2.45, 2.75) is 45.1 Å². The van der Waals surface area contributed by atoms with E-state index in [1.54, 1.807) is 20.4 Å². The molecule has 1 fully saturated rings. The number of benzene rings is 1. The van der Waals surface area contributed by atoms with Gasteiger partial charge in [0.15, 0.2) is 5.82 Å². The SMILES string of the molecule is COC(=O)[C@]1(C)CCC[C@@H](c2nc(Br)c3c(NCc4ccc(OC)cc4OC)nccn23)C1. The number of aromatic nitrogens is 3. The monoisotopic (exact) mass is 516 g/mol. The van der Waals surface area contributed by atoms with Crippen LogP contribution in [-0.4, -0.2) is 41.7 Å². The summed E-state index contributed by atoms with van der Waals surface area (Å²) in [6.07, 6.45) is 7.16. The average Bonchev–Trinajstić information content (AvgIpc) is 3.19. The number of halogens is 1. The highest BCUT2D eigenvalue weighted by Gasteiger charge is 2.41. The number of fused-ring (bicyclic) bond motifs is 1.